The van der Waals surface area contributed by atoms with Crippen LogP contribution < -0.4 is 10.9 Å². The van der Waals surface area contributed by atoms with Crippen molar-refractivity contribution in [3.63, 3.8) is 0 Å². The Morgan fingerprint density at radius 1 is 1.53 bits per heavy atom. The predicted molar refractivity (Wildman–Crippen MR) is 58.2 cm³/mol. The van der Waals surface area contributed by atoms with Crippen LogP contribution in [0.2, 0.25) is 0 Å². The van der Waals surface area contributed by atoms with Gasteiger partial charge in [-0.2, -0.15) is 0 Å². The van der Waals surface area contributed by atoms with Crippen LogP contribution in [0.4, 0.5) is 0 Å². The minimum Gasteiger partial charge on any atom is -0.477 e. The van der Waals surface area contributed by atoms with Crippen molar-refractivity contribution < 1.29 is 9.90 Å². The van der Waals surface area contributed by atoms with Gasteiger partial charge in [0.15, 0.2) is 5.43 Å². The van der Waals surface area contributed by atoms with E-state index in [1.807, 2.05) is 13.8 Å². The average Bonchev–Trinajstić information content (AvgIpc) is 2.13. The molecule has 1 rings (SSSR count). The van der Waals surface area contributed by atoms with Crippen LogP contribution in [-0.4, -0.2) is 23.5 Å². The van der Waals surface area contributed by atoms with Crippen LogP contribution in [-0.2, 0) is 0 Å². The van der Waals surface area contributed by atoms with Crippen LogP contribution in [0.3, 0.4) is 0 Å². The molecule has 0 spiro atoms. The fraction of sp³-hybridized carbons (Fsp3) is 0.400. The smallest absolute Gasteiger partial charge is 0.341 e. The highest BCUT2D eigenvalue weighted by molar-refractivity contribution is 6.33. The highest BCUT2D eigenvalue weighted by Gasteiger charge is 2.15. The third-order valence-electron chi connectivity index (χ3n) is 2.32. The lowest BCUT2D eigenvalue weighted by Gasteiger charge is -2.17. The number of aromatic carboxylic acids is 1. The van der Waals surface area contributed by atoms with E-state index in [1.165, 1.54) is 6.20 Å². The molecular weight excluding hydrogens is 193 g/mol. The van der Waals surface area contributed by atoms with Crippen LogP contribution >= 0.6 is 0 Å². The Hall–Kier alpha value is -1.52. The molecule has 0 aliphatic rings. The lowest BCUT2D eigenvalue weighted by atomic mass is 9.92. The zero-order valence-electron chi connectivity index (χ0n) is 8.94. The average molecular weight is 205 g/mol. The van der Waals surface area contributed by atoms with E-state index < -0.39 is 11.4 Å². The molecule has 0 saturated carbocycles. The molecule has 1 heterocycles. The van der Waals surface area contributed by atoms with Crippen molar-refractivity contribution in [3.05, 3.63) is 27.7 Å². The van der Waals surface area contributed by atoms with Crippen molar-refractivity contribution in [1.29, 1.82) is 0 Å². The number of rotatable bonds is 2. The standard InChI is InChI=1S/C10H12BNO3/c1-5(2)12-4-7(10(14)15)9(13)8(11)6(12)3/h4-5H,1-3H3,(H,14,15). The lowest BCUT2D eigenvalue weighted by Crippen LogP contribution is -2.36. The molecule has 5 heteroatoms. The van der Waals surface area contributed by atoms with E-state index in [0.717, 1.165) is 0 Å². The molecule has 0 aliphatic heterocycles. The Kier molecular flexibility index (Phi) is 3.02. The summed E-state index contributed by atoms with van der Waals surface area (Å²) in [7, 11) is 5.56. The quantitative estimate of drug-likeness (QED) is 0.703. The number of carboxylic acid groups (broad SMARTS) is 1. The van der Waals surface area contributed by atoms with Gasteiger partial charge in [-0.3, -0.25) is 4.79 Å². The SMILES string of the molecule is [B]c1c(C)n(C(C)C)cc(C(=O)O)c1=O. The highest BCUT2D eigenvalue weighted by atomic mass is 16.4. The Bertz CT molecular complexity index is 462. The minimum atomic E-state index is -1.25. The Balaban J connectivity index is 3.60. The molecule has 0 amide bonds. The maximum absolute atomic E-state index is 11.5. The van der Waals surface area contributed by atoms with Gasteiger partial charge in [0.1, 0.15) is 13.4 Å². The predicted octanol–water partition coefficient (Wildman–Crippen LogP) is 0.230. The van der Waals surface area contributed by atoms with E-state index in [-0.39, 0.29) is 17.1 Å². The van der Waals surface area contributed by atoms with Crippen molar-refractivity contribution in [1.82, 2.24) is 4.57 Å². The maximum Gasteiger partial charge on any atom is 0.341 e. The molecule has 0 saturated heterocycles. The number of carbonyl (C=O) groups is 1. The molecule has 1 N–H and O–H groups in total. The lowest BCUT2D eigenvalue weighted by molar-refractivity contribution is 0.0694. The first kappa shape index (κ1) is 11.6. The summed E-state index contributed by atoms with van der Waals surface area (Å²) >= 11 is 0. The summed E-state index contributed by atoms with van der Waals surface area (Å²) in [5.74, 6) is -1.25. The Morgan fingerprint density at radius 3 is 2.47 bits per heavy atom. The Morgan fingerprint density at radius 2 is 2.07 bits per heavy atom. The fourth-order valence-electron chi connectivity index (χ4n) is 1.43. The third-order valence-corrected chi connectivity index (χ3v) is 2.32. The van der Waals surface area contributed by atoms with Crippen LogP contribution in [0, 0.1) is 6.92 Å². The van der Waals surface area contributed by atoms with Crippen molar-refractivity contribution in [3.8, 4) is 0 Å². The molecule has 4 nitrogen and oxygen atoms in total. The van der Waals surface area contributed by atoms with Crippen molar-refractivity contribution >= 4 is 19.3 Å². The maximum atomic E-state index is 11.5. The molecule has 0 aliphatic carbocycles. The number of nitrogens with zero attached hydrogens (tertiary/aromatic N) is 1. The minimum absolute atomic E-state index is 0.00333. The summed E-state index contributed by atoms with van der Waals surface area (Å²) in [6.07, 6.45) is 1.33. The van der Waals surface area contributed by atoms with Gasteiger partial charge in [-0.25, -0.2) is 4.79 Å². The van der Waals surface area contributed by atoms with E-state index in [0.29, 0.717) is 5.69 Å². The summed E-state index contributed by atoms with van der Waals surface area (Å²) in [6.45, 7) is 5.48. The second-order valence-electron chi connectivity index (χ2n) is 3.68. The first-order chi connectivity index (χ1) is 6.86. The van der Waals surface area contributed by atoms with Gasteiger partial charge in [0.2, 0.25) is 0 Å². The van der Waals surface area contributed by atoms with Crippen molar-refractivity contribution in [2.45, 2.75) is 26.8 Å². The van der Waals surface area contributed by atoms with Crippen molar-refractivity contribution in [2.24, 2.45) is 0 Å². The van der Waals surface area contributed by atoms with Crippen LogP contribution in [0.5, 0.6) is 0 Å². The first-order valence-corrected chi connectivity index (χ1v) is 4.60. The number of carboxylic acids is 1. The van der Waals surface area contributed by atoms with E-state index in [2.05, 4.69) is 0 Å². The molecule has 0 fully saturated rings. The second kappa shape index (κ2) is 3.92. The summed E-state index contributed by atoms with van der Waals surface area (Å²) in [5.41, 5.74) is -0.299. The molecule has 0 atom stereocenters. The molecule has 78 valence electrons. The van der Waals surface area contributed by atoms with E-state index in [4.69, 9.17) is 13.0 Å². The van der Waals surface area contributed by atoms with Gasteiger partial charge in [0, 0.05) is 17.9 Å². The number of pyridine rings is 1. The van der Waals surface area contributed by atoms with Gasteiger partial charge < -0.3 is 9.67 Å². The van der Waals surface area contributed by atoms with Gasteiger partial charge in [0.05, 0.1) is 0 Å². The first-order valence-electron chi connectivity index (χ1n) is 4.60. The number of hydrogen-bond donors (Lipinski definition) is 1. The largest absolute Gasteiger partial charge is 0.477 e. The molecular formula is C10H12BNO3. The molecule has 1 aromatic heterocycles. The van der Waals surface area contributed by atoms with Crippen molar-refractivity contribution in [2.75, 3.05) is 0 Å². The fourth-order valence-corrected chi connectivity index (χ4v) is 1.43. The second-order valence-corrected chi connectivity index (χ2v) is 3.68. The molecule has 1 aromatic rings. The monoisotopic (exact) mass is 205 g/mol. The van der Waals surface area contributed by atoms with Gasteiger partial charge in [-0.15, -0.1) is 0 Å². The zero-order valence-corrected chi connectivity index (χ0v) is 8.94. The van der Waals surface area contributed by atoms with Gasteiger partial charge >= 0.3 is 5.97 Å². The number of aromatic nitrogens is 1. The molecule has 0 unspecified atom stereocenters. The normalized spacial score (nSPS) is 10.7. The van der Waals surface area contributed by atoms with Gasteiger partial charge in [-0.05, 0) is 26.2 Å². The van der Waals surface area contributed by atoms with Gasteiger partial charge in [-0.1, -0.05) is 0 Å². The van der Waals surface area contributed by atoms with Crippen LogP contribution in [0.25, 0.3) is 0 Å². The van der Waals surface area contributed by atoms with Crippen LogP contribution in [0.15, 0.2) is 11.0 Å². The number of hydrogen-bond acceptors (Lipinski definition) is 2. The molecule has 0 bridgehead atoms. The molecule has 2 radical (unpaired) electrons. The topological polar surface area (TPSA) is 59.3 Å². The van der Waals surface area contributed by atoms with E-state index in [1.54, 1.807) is 11.5 Å². The highest BCUT2D eigenvalue weighted by Crippen LogP contribution is 2.06. The van der Waals surface area contributed by atoms with E-state index >= 15 is 0 Å². The van der Waals surface area contributed by atoms with Gasteiger partial charge in [0.25, 0.3) is 0 Å². The summed E-state index contributed by atoms with van der Waals surface area (Å²) in [4.78, 5) is 22.3. The summed E-state index contributed by atoms with van der Waals surface area (Å²) in [5, 5.41) is 8.82. The molecule has 15 heavy (non-hydrogen) atoms. The van der Waals surface area contributed by atoms with E-state index in [9.17, 15) is 9.59 Å². The van der Waals surface area contributed by atoms with Crippen LogP contribution in [0.1, 0.15) is 35.9 Å². The Labute approximate surface area is 89.0 Å². The third kappa shape index (κ3) is 1.96. The summed E-state index contributed by atoms with van der Waals surface area (Å²) in [6, 6.07) is 0.0611. The molecule has 0 aromatic carbocycles. The summed E-state index contributed by atoms with van der Waals surface area (Å²) < 4.78 is 1.68. The zero-order chi connectivity index (χ0) is 11.7.